The average Bonchev–Trinajstić information content (AvgIpc) is 3.10. The van der Waals surface area contributed by atoms with E-state index in [2.05, 4.69) is 24.1 Å². The zero-order valence-corrected chi connectivity index (χ0v) is 14.0. The first-order chi connectivity index (χ1) is 11.0. The fourth-order valence-electron chi connectivity index (χ4n) is 2.54. The van der Waals surface area contributed by atoms with Gasteiger partial charge in [-0.2, -0.15) is 0 Å². The summed E-state index contributed by atoms with van der Waals surface area (Å²) >= 11 is 1.57. The van der Waals surface area contributed by atoms with E-state index in [0.717, 1.165) is 16.3 Å². The van der Waals surface area contributed by atoms with Gasteiger partial charge < -0.3 is 5.32 Å². The molecule has 1 unspecified atom stereocenters. The van der Waals surface area contributed by atoms with Gasteiger partial charge in [0, 0.05) is 17.7 Å². The van der Waals surface area contributed by atoms with Gasteiger partial charge in [0.25, 0.3) is 5.91 Å². The van der Waals surface area contributed by atoms with Crippen LogP contribution < -0.4 is 5.32 Å². The molecule has 0 spiro atoms. The molecule has 1 aromatic carbocycles. The third-order valence-corrected chi connectivity index (χ3v) is 4.97. The molecule has 3 rings (SSSR count). The molecule has 0 bridgehead atoms. The smallest absolute Gasteiger partial charge is 0.325 e. The largest absolute Gasteiger partial charge is 0.325 e. The summed E-state index contributed by atoms with van der Waals surface area (Å²) in [4.78, 5) is 30.3. The van der Waals surface area contributed by atoms with Gasteiger partial charge in [0.05, 0.1) is 17.2 Å². The number of hydrogen-bond donors (Lipinski definition) is 1. The number of urea groups is 1. The second kappa shape index (κ2) is 6.50. The summed E-state index contributed by atoms with van der Waals surface area (Å²) in [5, 5.41) is 5.70. The summed E-state index contributed by atoms with van der Waals surface area (Å²) in [6.07, 6.45) is 0.510. The molecular formula is C17H19N3O2S. The lowest BCUT2D eigenvalue weighted by molar-refractivity contribution is -0.127. The van der Waals surface area contributed by atoms with Crippen molar-refractivity contribution in [2.75, 3.05) is 0 Å². The normalized spacial score (nSPS) is 17.9. The van der Waals surface area contributed by atoms with Crippen LogP contribution in [0.15, 0.2) is 35.7 Å². The molecule has 1 aliphatic rings. The summed E-state index contributed by atoms with van der Waals surface area (Å²) < 4.78 is 0. The number of nitrogens with one attached hydrogen (secondary N) is 1. The number of amides is 3. The Morgan fingerprint density at radius 3 is 2.65 bits per heavy atom. The summed E-state index contributed by atoms with van der Waals surface area (Å²) in [7, 11) is 0. The van der Waals surface area contributed by atoms with Gasteiger partial charge in [0.1, 0.15) is 6.04 Å². The number of carbonyl (C=O) groups is 2. The lowest BCUT2D eigenvalue weighted by Crippen LogP contribution is -2.32. The summed E-state index contributed by atoms with van der Waals surface area (Å²) in [6, 6.07) is 8.87. The van der Waals surface area contributed by atoms with E-state index in [-0.39, 0.29) is 18.5 Å². The van der Waals surface area contributed by atoms with Gasteiger partial charge in [0.2, 0.25) is 0 Å². The topological polar surface area (TPSA) is 62.3 Å². The maximum absolute atomic E-state index is 12.5. The Kier molecular flexibility index (Phi) is 4.43. The number of benzene rings is 1. The molecule has 120 valence electrons. The van der Waals surface area contributed by atoms with E-state index >= 15 is 0 Å². The molecule has 0 aliphatic carbocycles. The molecule has 2 aromatic rings. The number of aromatic nitrogens is 1. The predicted octanol–water partition coefficient (Wildman–Crippen LogP) is 2.93. The Morgan fingerprint density at radius 2 is 2.00 bits per heavy atom. The van der Waals surface area contributed by atoms with E-state index in [1.54, 1.807) is 11.3 Å². The van der Waals surface area contributed by atoms with Crippen LogP contribution in [-0.2, 0) is 17.8 Å². The average molecular weight is 329 g/mol. The van der Waals surface area contributed by atoms with Crippen molar-refractivity contribution in [2.24, 2.45) is 0 Å². The van der Waals surface area contributed by atoms with Gasteiger partial charge in [-0.15, -0.1) is 11.3 Å². The second-order valence-electron chi connectivity index (χ2n) is 5.95. The van der Waals surface area contributed by atoms with E-state index in [1.165, 1.54) is 4.90 Å². The zero-order valence-electron chi connectivity index (χ0n) is 13.2. The quantitative estimate of drug-likeness (QED) is 0.858. The SMILES string of the molecule is CC(C)c1nc(CN2C(=O)NC(Cc3ccccc3)C2=O)cs1. The molecule has 6 heteroatoms. The predicted molar refractivity (Wildman–Crippen MR) is 89.2 cm³/mol. The van der Waals surface area contributed by atoms with Crippen molar-refractivity contribution in [3.8, 4) is 0 Å². The lowest BCUT2D eigenvalue weighted by Gasteiger charge is -2.11. The summed E-state index contributed by atoms with van der Waals surface area (Å²) in [5.41, 5.74) is 1.80. The molecule has 1 atom stereocenters. The van der Waals surface area contributed by atoms with Gasteiger partial charge in [-0.1, -0.05) is 44.2 Å². The minimum atomic E-state index is -0.492. The monoisotopic (exact) mass is 329 g/mol. The van der Waals surface area contributed by atoms with Gasteiger partial charge in [-0.05, 0) is 5.56 Å². The van der Waals surface area contributed by atoms with E-state index < -0.39 is 6.04 Å². The Balaban J connectivity index is 1.68. The number of thiazole rings is 1. The molecular weight excluding hydrogens is 310 g/mol. The highest BCUT2D eigenvalue weighted by atomic mass is 32.1. The minimum absolute atomic E-state index is 0.182. The Labute approximate surface area is 139 Å². The Morgan fingerprint density at radius 1 is 1.26 bits per heavy atom. The number of nitrogens with zero attached hydrogens (tertiary/aromatic N) is 2. The van der Waals surface area contributed by atoms with Crippen molar-refractivity contribution in [1.82, 2.24) is 15.2 Å². The molecule has 3 amide bonds. The molecule has 1 aromatic heterocycles. The van der Waals surface area contributed by atoms with Gasteiger partial charge in [0.15, 0.2) is 0 Å². The van der Waals surface area contributed by atoms with E-state index in [9.17, 15) is 9.59 Å². The van der Waals surface area contributed by atoms with Crippen molar-refractivity contribution < 1.29 is 9.59 Å². The van der Waals surface area contributed by atoms with Crippen LogP contribution in [0.3, 0.4) is 0 Å². The van der Waals surface area contributed by atoms with E-state index in [4.69, 9.17) is 0 Å². The van der Waals surface area contributed by atoms with Crippen LogP contribution in [-0.4, -0.2) is 27.9 Å². The van der Waals surface area contributed by atoms with Crippen molar-refractivity contribution in [1.29, 1.82) is 0 Å². The number of imide groups is 1. The maximum Gasteiger partial charge on any atom is 0.325 e. The van der Waals surface area contributed by atoms with Gasteiger partial charge in [-0.25, -0.2) is 9.78 Å². The van der Waals surface area contributed by atoms with Crippen molar-refractivity contribution in [3.05, 3.63) is 52.0 Å². The second-order valence-corrected chi connectivity index (χ2v) is 6.84. The molecule has 2 heterocycles. The maximum atomic E-state index is 12.5. The number of carbonyl (C=O) groups excluding carboxylic acids is 2. The van der Waals surface area contributed by atoms with Crippen molar-refractivity contribution in [2.45, 2.75) is 38.8 Å². The first kappa shape index (κ1) is 15.7. The summed E-state index contributed by atoms with van der Waals surface area (Å²) in [6.45, 7) is 4.39. The lowest BCUT2D eigenvalue weighted by atomic mass is 10.1. The van der Waals surface area contributed by atoms with E-state index in [0.29, 0.717) is 12.3 Å². The van der Waals surface area contributed by atoms with Crippen molar-refractivity contribution >= 4 is 23.3 Å². The fraction of sp³-hybridized carbons (Fsp3) is 0.353. The van der Waals surface area contributed by atoms with Crippen LogP contribution in [0.5, 0.6) is 0 Å². The molecule has 1 N–H and O–H groups in total. The molecule has 1 aliphatic heterocycles. The molecule has 0 radical (unpaired) electrons. The standard InChI is InChI=1S/C17H19N3O2S/c1-11(2)15-18-13(10-23-15)9-20-16(21)14(19-17(20)22)8-12-6-4-3-5-7-12/h3-7,10-11,14H,8-9H2,1-2H3,(H,19,22). The van der Waals surface area contributed by atoms with Crippen LogP contribution in [0, 0.1) is 0 Å². The molecule has 23 heavy (non-hydrogen) atoms. The fourth-order valence-corrected chi connectivity index (χ4v) is 3.36. The van der Waals surface area contributed by atoms with Gasteiger partial charge >= 0.3 is 6.03 Å². The Hall–Kier alpha value is -2.21. The summed E-state index contributed by atoms with van der Waals surface area (Å²) in [5.74, 6) is 0.167. The van der Waals surface area contributed by atoms with Crippen molar-refractivity contribution in [3.63, 3.8) is 0 Å². The molecule has 1 saturated heterocycles. The highest BCUT2D eigenvalue weighted by Gasteiger charge is 2.38. The van der Waals surface area contributed by atoms with Crippen LogP contribution in [0.2, 0.25) is 0 Å². The highest BCUT2D eigenvalue weighted by molar-refractivity contribution is 7.09. The molecule has 5 nitrogen and oxygen atoms in total. The minimum Gasteiger partial charge on any atom is -0.325 e. The first-order valence-electron chi connectivity index (χ1n) is 7.64. The van der Waals surface area contributed by atoms with Gasteiger partial charge in [-0.3, -0.25) is 9.69 Å². The first-order valence-corrected chi connectivity index (χ1v) is 8.52. The van der Waals surface area contributed by atoms with Crippen LogP contribution in [0.25, 0.3) is 0 Å². The Bertz CT molecular complexity index is 712. The highest BCUT2D eigenvalue weighted by Crippen LogP contribution is 2.21. The third-order valence-electron chi connectivity index (χ3n) is 3.77. The van der Waals surface area contributed by atoms with Crippen LogP contribution >= 0.6 is 11.3 Å². The van der Waals surface area contributed by atoms with Crippen LogP contribution in [0.1, 0.15) is 36.0 Å². The zero-order chi connectivity index (χ0) is 16.4. The molecule has 0 saturated carbocycles. The third kappa shape index (κ3) is 3.42. The van der Waals surface area contributed by atoms with E-state index in [1.807, 2.05) is 35.7 Å². The number of hydrogen-bond acceptors (Lipinski definition) is 4. The molecule has 1 fully saturated rings. The number of rotatable bonds is 5. The van der Waals surface area contributed by atoms with Crippen LogP contribution in [0.4, 0.5) is 4.79 Å².